The number of ether oxygens (including phenoxy) is 1. The molecule has 0 bridgehead atoms. The Balaban J connectivity index is 3.47. The van der Waals surface area contributed by atoms with E-state index in [1.54, 1.807) is 0 Å². The monoisotopic (exact) mass is 902 g/mol. The summed E-state index contributed by atoms with van der Waals surface area (Å²) in [7, 11) is 0. The smallest absolute Gasteiger partial charge is 0.305 e. The molecule has 0 aliphatic rings. The molecule has 378 valence electrons. The number of rotatable bonds is 53. The molecule has 0 aromatic carbocycles. The van der Waals surface area contributed by atoms with E-state index in [4.69, 9.17) is 4.74 Å². The molecule has 3 N–H and O–H groups in total. The van der Waals surface area contributed by atoms with Crippen LogP contribution >= 0.6 is 0 Å². The Morgan fingerprint density at radius 1 is 0.422 bits per heavy atom. The molecule has 0 spiro atoms. The second-order valence-corrected chi connectivity index (χ2v) is 19.6. The first kappa shape index (κ1) is 62.3. The van der Waals surface area contributed by atoms with Crippen molar-refractivity contribution in [3.63, 3.8) is 0 Å². The lowest BCUT2D eigenvalue weighted by atomic mass is 10.0. The average Bonchev–Trinajstić information content (AvgIpc) is 3.29. The number of amides is 1. The van der Waals surface area contributed by atoms with Gasteiger partial charge in [-0.1, -0.05) is 244 Å². The van der Waals surface area contributed by atoms with Gasteiger partial charge >= 0.3 is 5.97 Å². The van der Waals surface area contributed by atoms with Crippen molar-refractivity contribution in [3.05, 3.63) is 24.3 Å². The third-order valence-corrected chi connectivity index (χ3v) is 13.2. The first-order valence-corrected chi connectivity index (χ1v) is 28.6. The van der Waals surface area contributed by atoms with Gasteiger partial charge in [0, 0.05) is 12.8 Å². The average molecular weight is 903 g/mol. The van der Waals surface area contributed by atoms with E-state index < -0.39 is 12.1 Å². The van der Waals surface area contributed by atoms with Crippen LogP contribution in [0.4, 0.5) is 0 Å². The summed E-state index contributed by atoms with van der Waals surface area (Å²) in [6, 6.07) is -0.554. The molecule has 6 nitrogen and oxygen atoms in total. The van der Waals surface area contributed by atoms with Crippen LogP contribution in [-0.4, -0.2) is 47.4 Å². The number of carbonyl (C=O) groups excluding carboxylic acids is 2. The Hall–Kier alpha value is -1.66. The zero-order chi connectivity index (χ0) is 46.5. The molecule has 64 heavy (non-hydrogen) atoms. The van der Waals surface area contributed by atoms with Crippen LogP contribution in [-0.2, 0) is 14.3 Å². The molecule has 0 rings (SSSR count). The standard InChI is InChI=1S/C58H111NO5/c1-3-5-7-9-11-13-15-17-19-23-26-30-34-38-42-46-50-56(61)55(54-60)59-57(62)51-47-43-39-35-31-27-24-20-21-25-29-33-37-41-45-49-53-64-58(63)52-48-44-40-36-32-28-22-18-16-14-12-10-8-6-4-2/h18,20,22,24,55-56,60-61H,3-17,19,21,23,25-54H2,1-2H3,(H,59,62)/b22-18-,24-20-. The van der Waals surface area contributed by atoms with Gasteiger partial charge in [0.1, 0.15) is 0 Å². The van der Waals surface area contributed by atoms with Gasteiger partial charge in [0.25, 0.3) is 0 Å². The van der Waals surface area contributed by atoms with E-state index in [-0.39, 0.29) is 18.5 Å². The van der Waals surface area contributed by atoms with E-state index in [0.717, 1.165) is 64.2 Å². The molecule has 1 amide bonds. The number of aliphatic hydroxyl groups is 2. The van der Waals surface area contributed by atoms with Gasteiger partial charge < -0.3 is 20.3 Å². The summed E-state index contributed by atoms with van der Waals surface area (Å²) in [6.07, 6.45) is 64.4. The molecule has 0 radical (unpaired) electrons. The lowest BCUT2D eigenvalue weighted by Gasteiger charge is -2.22. The summed E-state index contributed by atoms with van der Waals surface area (Å²) in [4.78, 5) is 24.5. The van der Waals surface area contributed by atoms with Gasteiger partial charge in [0.05, 0.1) is 25.4 Å². The molecule has 0 aromatic heterocycles. The number of esters is 1. The van der Waals surface area contributed by atoms with E-state index >= 15 is 0 Å². The third kappa shape index (κ3) is 49.8. The molecular formula is C58H111NO5. The van der Waals surface area contributed by atoms with Gasteiger partial charge in [0.15, 0.2) is 0 Å². The number of aliphatic hydroxyl groups excluding tert-OH is 2. The normalized spacial score (nSPS) is 12.8. The van der Waals surface area contributed by atoms with Gasteiger partial charge in [-0.3, -0.25) is 9.59 Å². The van der Waals surface area contributed by atoms with Crippen LogP contribution in [0.2, 0.25) is 0 Å². The second kappa shape index (κ2) is 54.0. The van der Waals surface area contributed by atoms with Gasteiger partial charge in [-0.15, -0.1) is 0 Å². The molecule has 0 aliphatic heterocycles. The Kier molecular flexibility index (Phi) is 52.6. The maximum atomic E-state index is 12.5. The summed E-state index contributed by atoms with van der Waals surface area (Å²) < 4.78 is 5.47. The topological polar surface area (TPSA) is 95.9 Å². The number of hydrogen-bond donors (Lipinski definition) is 3. The number of hydrogen-bond acceptors (Lipinski definition) is 5. The minimum atomic E-state index is -0.675. The minimum absolute atomic E-state index is 0.0105. The Labute approximate surface area is 399 Å². The molecule has 0 fully saturated rings. The Morgan fingerprint density at radius 2 is 0.734 bits per heavy atom. The van der Waals surface area contributed by atoms with Crippen LogP contribution < -0.4 is 5.32 Å². The lowest BCUT2D eigenvalue weighted by Crippen LogP contribution is -2.45. The van der Waals surface area contributed by atoms with Crippen LogP contribution in [0.25, 0.3) is 0 Å². The van der Waals surface area contributed by atoms with Gasteiger partial charge in [-0.2, -0.15) is 0 Å². The zero-order valence-electron chi connectivity index (χ0n) is 43.0. The van der Waals surface area contributed by atoms with Gasteiger partial charge in [0.2, 0.25) is 5.91 Å². The van der Waals surface area contributed by atoms with Crippen LogP contribution in [0.5, 0.6) is 0 Å². The van der Waals surface area contributed by atoms with E-state index in [9.17, 15) is 19.8 Å². The van der Waals surface area contributed by atoms with E-state index in [2.05, 4.69) is 43.5 Å². The Morgan fingerprint density at radius 3 is 1.11 bits per heavy atom. The van der Waals surface area contributed by atoms with Crippen molar-refractivity contribution in [2.45, 2.75) is 321 Å². The molecule has 2 unspecified atom stereocenters. The maximum absolute atomic E-state index is 12.5. The molecule has 6 heteroatoms. The van der Waals surface area contributed by atoms with Crippen molar-refractivity contribution in [1.29, 1.82) is 0 Å². The highest BCUT2D eigenvalue weighted by Crippen LogP contribution is 2.17. The van der Waals surface area contributed by atoms with Crippen molar-refractivity contribution >= 4 is 11.9 Å². The number of nitrogens with one attached hydrogen (secondary N) is 1. The van der Waals surface area contributed by atoms with Crippen molar-refractivity contribution in [2.24, 2.45) is 0 Å². The fourth-order valence-electron chi connectivity index (χ4n) is 8.81. The van der Waals surface area contributed by atoms with Gasteiger partial charge in [-0.25, -0.2) is 0 Å². The summed E-state index contributed by atoms with van der Waals surface area (Å²) in [6.45, 7) is 4.93. The highest BCUT2D eigenvalue weighted by molar-refractivity contribution is 5.76. The van der Waals surface area contributed by atoms with Crippen molar-refractivity contribution < 1.29 is 24.5 Å². The van der Waals surface area contributed by atoms with Crippen LogP contribution in [0.3, 0.4) is 0 Å². The van der Waals surface area contributed by atoms with E-state index in [1.807, 2.05) is 0 Å². The fraction of sp³-hybridized carbons (Fsp3) is 0.897. The van der Waals surface area contributed by atoms with Crippen molar-refractivity contribution in [1.82, 2.24) is 5.32 Å². The molecular weight excluding hydrogens is 791 g/mol. The second-order valence-electron chi connectivity index (χ2n) is 19.6. The molecule has 0 aromatic rings. The first-order chi connectivity index (χ1) is 31.5. The quantitative estimate of drug-likeness (QED) is 0.0321. The fourth-order valence-corrected chi connectivity index (χ4v) is 8.81. The predicted molar refractivity (Wildman–Crippen MR) is 278 cm³/mol. The lowest BCUT2D eigenvalue weighted by molar-refractivity contribution is -0.143. The molecule has 2 atom stereocenters. The summed E-state index contributed by atoms with van der Waals surface area (Å²) >= 11 is 0. The molecule has 0 saturated heterocycles. The molecule has 0 aliphatic carbocycles. The van der Waals surface area contributed by atoms with Crippen LogP contribution in [0.1, 0.15) is 309 Å². The van der Waals surface area contributed by atoms with E-state index in [0.29, 0.717) is 25.9 Å². The molecule has 0 saturated carbocycles. The van der Waals surface area contributed by atoms with Gasteiger partial charge in [-0.05, 0) is 77.0 Å². The first-order valence-electron chi connectivity index (χ1n) is 28.6. The number of unbranched alkanes of at least 4 members (excludes halogenated alkanes) is 38. The highest BCUT2D eigenvalue weighted by atomic mass is 16.5. The minimum Gasteiger partial charge on any atom is -0.466 e. The van der Waals surface area contributed by atoms with Crippen molar-refractivity contribution in [2.75, 3.05) is 13.2 Å². The highest BCUT2D eigenvalue weighted by Gasteiger charge is 2.20. The van der Waals surface area contributed by atoms with Crippen LogP contribution in [0.15, 0.2) is 24.3 Å². The van der Waals surface area contributed by atoms with E-state index in [1.165, 1.54) is 212 Å². The number of allylic oxidation sites excluding steroid dienone is 4. The predicted octanol–water partition coefficient (Wildman–Crippen LogP) is 17.5. The number of carbonyl (C=O) groups is 2. The summed E-state index contributed by atoms with van der Waals surface area (Å²) in [5, 5.41) is 23.3. The van der Waals surface area contributed by atoms with Crippen LogP contribution in [0, 0.1) is 0 Å². The molecule has 0 heterocycles. The maximum Gasteiger partial charge on any atom is 0.305 e. The Bertz CT molecular complexity index is 997. The van der Waals surface area contributed by atoms with Crippen molar-refractivity contribution in [3.8, 4) is 0 Å². The zero-order valence-corrected chi connectivity index (χ0v) is 43.0. The summed E-state index contributed by atoms with van der Waals surface area (Å²) in [5.74, 6) is -0.0613. The largest absolute Gasteiger partial charge is 0.466 e. The SMILES string of the molecule is CCCCCCCC/C=C\CCCCCCCC(=O)OCCCCCCCCC/C=C\CCCCCCCC(=O)NC(CO)C(O)CCCCCCCCCCCCCCCCCC. The summed E-state index contributed by atoms with van der Waals surface area (Å²) in [5.41, 5.74) is 0. The third-order valence-electron chi connectivity index (χ3n) is 13.2.